The first kappa shape index (κ1) is 37.0. The van der Waals surface area contributed by atoms with Gasteiger partial charge in [0.25, 0.3) is 0 Å². The maximum atomic E-state index is 14.0. The summed E-state index contributed by atoms with van der Waals surface area (Å²) < 4.78 is 0. The Bertz CT molecular complexity index is 1210. The number of rotatable bonds is 10. The molecular formula is C36H51N5O4. The normalized spacial score (nSPS) is 20.2. The molecule has 9 heteroatoms. The lowest BCUT2D eigenvalue weighted by atomic mass is 9.93. The van der Waals surface area contributed by atoms with Crippen LogP contribution in [0.15, 0.2) is 60.7 Å². The van der Waals surface area contributed by atoms with E-state index < -0.39 is 18.0 Å². The number of terminal acetylenes is 1. The second-order valence-electron chi connectivity index (χ2n) is 11.1. The van der Waals surface area contributed by atoms with Crippen molar-refractivity contribution in [3.05, 3.63) is 71.8 Å². The molecule has 9 nitrogen and oxygen atoms in total. The van der Waals surface area contributed by atoms with E-state index in [9.17, 15) is 19.2 Å². The summed E-state index contributed by atoms with van der Waals surface area (Å²) in [6, 6.07) is 17.3. The fourth-order valence-electron chi connectivity index (χ4n) is 5.73. The highest BCUT2D eigenvalue weighted by Crippen LogP contribution is 2.34. The lowest BCUT2D eigenvalue weighted by Crippen LogP contribution is -2.58. The van der Waals surface area contributed by atoms with E-state index in [2.05, 4.69) is 35.7 Å². The minimum atomic E-state index is -0.901. The SMILES string of the molecule is C#CCCC(=O)NCC1CCC2CCC(C(=O)NC(c3ccccc3)c3ccccc3)N2C(=O)C1NC(=O)CN.CC.CCC. The number of amides is 4. The molecule has 4 rings (SSSR count). The molecule has 0 aromatic heterocycles. The van der Waals surface area contributed by atoms with Crippen LogP contribution < -0.4 is 21.7 Å². The smallest absolute Gasteiger partial charge is 0.246 e. The standard InChI is InChI=1S/C31H37N5O4.C3H8.C2H6/c1-2-3-14-26(37)33-20-23-15-16-24-17-18-25(36(24)31(40)29(23)34-27(38)19-32)30(39)35-28(21-10-6-4-7-11-21)22-12-8-5-9-13-22;1-3-2;1-2/h1,4-13,23-25,28-29H,3,14-20,32H2,(H,33,37)(H,34,38)(H,35,39);3H2,1-2H3;1-2H3. The average molecular weight is 618 g/mol. The van der Waals surface area contributed by atoms with Gasteiger partial charge in [-0.25, -0.2) is 0 Å². The van der Waals surface area contributed by atoms with Crippen LogP contribution in [-0.2, 0) is 19.2 Å². The molecule has 0 bridgehead atoms. The van der Waals surface area contributed by atoms with Gasteiger partial charge in [0.1, 0.15) is 12.1 Å². The summed E-state index contributed by atoms with van der Waals surface area (Å²) in [6.07, 6.45) is 9.50. The van der Waals surface area contributed by atoms with Crippen molar-refractivity contribution < 1.29 is 19.2 Å². The molecule has 4 atom stereocenters. The number of hydrogen-bond donors (Lipinski definition) is 4. The third kappa shape index (κ3) is 10.8. The highest BCUT2D eigenvalue weighted by molar-refractivity contribution is 5.94. The van der Waals surface area contributed by atoms with Gasteiger partial charge in [-0.1, -0.05) is 94.8 Å². The van der Waals surface area contributed by atoms with Crippen LogP contribution in [0.1, 0.15) is 89.8 Å². The summed E-state index contributed by atoms with van der Waals surface area (Å²) in [5.74, 6) is 0.878. The van der Waals surface area contributed by atoms with E-state index in [0.29, 0.717) is 32.1 Å². The van der Waals surface area contributed by atoms with E-state index in [-0.39, 0.29) is 55.2 Å². The maximum absolute atomic E-state index is 14.0. The van der Waals surface area contributed by atoms with Crippen molar-refractivity contribution in [2.24, 2.45) is 11.7 Å². The highest BCUT2D eigenvalue weighted by Gasteiger charge is 2.47. The highest BCUT2D eigenvalue weighted by atomic mass is 16.2. The van der Waals surface area contributed by atoms with Crippen molar-refractivity contribution in [2.45, 2.75) is 96.8 Å². The molecule has 2 aromatic carbocycles. The minimum Gasteiger partial charge on any atom is -0.356 e. The van der Waals surface area contributed by atoms with Crippen LogP contribution in [0.2, 0.25) is 0 Å². The van der Waals surface area contributed by atoms with Crippen molar-refractivity contribution in [1.29, 1.82) is 0 Å². The molecular weight excluding hydrogens is 566 g/mol. The molecule has 2 aliphatic heterocycles. The van der Waals surface area contributed by atoms with E-state index in [0.717, 1.165) is 11.1 Å². The zero-order valence-electron chi connectivity index (χ0n) is 27.3. The molecule has 0 saturated carbocycles. The Balaban J connectivity index is 0.00000133. The molecule has 0 spiro atoms. The van der Waals surface area contributed by atoms with Gasteiger partial charge in [0.2, 0.25) is 23.6 Å². The number of benzene rings is 2. The number of nitrogens with two attached hydrogens (primary N) is 1. The van der Waals surface area contributed by atoms with Crippen molar-refractivity contribution in [3.63, 3.8) is 0 Å². The maximum Gasteiger partial charge on any atom is 0.246 e. The fraction of sp³-hybridized carbons (Fsp3) is 0.500. The summed E-state index contributed by atoms with van der Waals surface area (Å²) in [5, 5.41) is 8.81. The number of nitrogens with zero attached hydrogens (tertiary/aromatic N) is 1. The number of hydrogen-bond acceptors (Lipinski definition) is 5. The largest absolute Gasteiger partial charge is 0.356 e. The monoisotopic (exact) mass is 617 g/mol. The van der Waals surface area contributed by atoms with Crippen LogP contribution in [0, 0.1) is 18.3 Å². The van der Waals surface area contributed by atoms with Crippen molar-refractivity contribution in [3.8, 4) is 12.3 Å². The quantitative estimate of drug-likeness (QED) is 0.298. The van der Waals surface area contributed by atoms with Crippen LogP contribution in [0.3, 0.4) is 0 Å². The molecule has 2 fully saturated rings. The second-order valence-corrected chi connectivity index (χ2v) is 11.1. The van der Waals surface area contributed by atoms with E-state index in [4.69, 9.17) is 12.2 Å². The summed E-state index contributed by atoms with van der Waals surface area (Å²) in [6.45, 7) is 8.19. The summed E-state index contributed by atoms with van der Waals surface area (Å²) in [5.41, 5.74) is 7.43. The van der Waals surface area contributed by atoms with Gasteiger partial charge in [0.15, 0.2) is 0 Å². The number of carbonyl (C=O) groups excluding carboxylic acids is 4. The van der Waals surface area contributed by atoms with Crippen LogP contribution in [-0.4, -0.2) is 59.7 Å². The Kier molecular flexibility index (Phi) is 16.4. The Labute approximate surface area is 269 Å². The molecule has 2 heterocycles. The number of nitrogens with one attached hydrogen (secondary N) is 3. The predicted molar refractivity (Wildman–Crippen MR) is 179 cm³/mol. The fourth-order valence-corrected chi connectivity index (χ4v) is 5.73. The summed E-state index contributed by atoms with van der Waals surface area (Å²) in [7, 11) is 0. The van der Waals surface area contributed by atoms with E-state index in [1.54, 1.807) is 4.90 Å². The topological polar surface area (TPSA) is 134 Å². The van der Waals surface area contributed by atoms with Gasteiger partial charge < -0.3 is 26.6 Å². The van der Waals surface area contributed by atoms with Crippen molar-refractivity contribution in [2.75, 3.05) is 13.1 Å². The Morgan fingerprint density at radius 3 is 2.02 bits per heavy atom. The molecule has 4 amide bonds. The third-order valence-electron chi connectivity index (χ3n) is 7.78. The molecule has 244 valence electrons. The van der Waals surface area contributed by atoms with Crippen LogP contribution in [0.5, 0.6) is 0 Å². The van der Waals surface area contributed by atoms with Gasteiger partial charge in [-0.15, -0.1) is 12.3 Å². The number of fused-ring (bicyclic) bond motifs is 1. The van der Waals surface area contributed by atoms with Crippen molar-refractivity contribution in [1.82, 2.24) is 20.9 Å². The van der Waals surface area contributed by atoms with Crippen molar-refractivity contribution >= 4 is 23.6 Å². The molecule has 5 N–H and O–H groups in total. The molecule has 2 saturated heterocycles. The van der Waals surface area contributed by atoms with Crippen LogP contribution >= 0.6 is 0 Å². The summed E-state index contributed by atoms with van der Waals surface area (Å²) in [4.78, 5) is 54.0. The van der Waals surface area contributed by atoms with Gasteiger partial charge in [-0.05, 0) is 36.8 Å². The molecule has 2 aromatic rings. The Morgan fingerprint density at radius 2 is 1.49 bits per heavy atom. The molecule has 0 aliphatic carbocycles. The first-order valence-corrected chi connectivity index (χ1v) is 16.3. The average Bonchev–Trinajstić information content (AvgIpc) is 3.46. The van der Waals surface area contributed by atoms with E-state index >= 15 is 0 Å². The van der Waals surface area contributed by atoms with Gasteiger partial charge in [0.05, 0.1) is 12.6 Å². The second kappa shape index (κ2) is 20.0. The number of carbonyl (C=O) groups is 4. The lowest BCUT2D eigenvalue weighted by molar-refractivity contribution is -0.143. The zero-order valence-corrected chi connectivity index (χ0v) is 27.3. The molecule has 2 aliphatic rings. The van der Waals surface area contributed by atoms with Gasteiger partial charge >= 0.3 is 0 Å². The van der Waals surface area contributed by atoms with Gasteiger partial charge in [-0.3, -0.25) is 19.2 Å². The first-order valence-electron chi connectivity index (χ1n) is 16.3. The van der Waals surface area contributed by atoms with E-state index in [1.807, 2.05) is 74.5 Å². The molecule has 45 heavy (non-hydrogen) atoms. The Hall–Kier alpha value is -4.16. The molecule has 0 radical (unpaired) electrons. The first-order chi connectivity index (χ1) is 21.8. The van der Waals surface area contributed by atoms with Crippen LogP contribution in [0.25, 0.3) is 0 Å². The third-order valence-corrected chi connectivity index (χ3v) is 7.78. The van der Waals surface area contributed by atoms with E-state index in [1.165, 1.54) is 6.42 Å². The molecule has 4 unspecified atom stereocenters. The van der Waals surface area contributed by atoms with Crippen LogP contribution in [0.4, 0.5) is 0 Å². The Morgan fingerprint density at radius 1 is 0.933 bits per heavy atom. The zero-order chi connectivity index (χ0) is 33.2. The minimum absolute atomic E-state index is 0.130. The summed E-state index contributed by atoms with van der Waals surface area (Å²) >= 11 is 0. The van der Waals surface area contributed by atoms with Gasteiger partial charge in [-0.2, -0.15) is 0 Å². The lowest BCUT2D eigenvalue weighted by Gasteiger charge is -2.33. The predicted octanol–water partition coefficient (Wildman–Crippen LogP) is 4.08. The van der Waals surface area contributed by atoms with Gasteiger partial charge in [0, 0.05) is 31.3 Å².